The van der Waals surface area contributed by atoms with Crippen LogP contribution in [0.4, 0.5) is 4.39 Å². The third-order valence-electron chi connectivity index (χ3n) is 2.90. The summed E-state index contributed by atoms with van der Waals surface area (Å²) in [7, 11) is 0. The predicted molar refractivity (Wildman–Crippen MR) is 76.8 cm³/mol. The zero-order chi connectivity index (χ0) is 14.0. The Kier molecular flexibility index (Phi) is 3.76. The molecule has 2 aromatic rings. The van der Waals surface area contributed by atoms with Crippen LogP contribution in [-0.4, -0.2) is 9.56 Å². The summed E-state index contributed by atoms with van der Waals surface area (Å²) in [6, 6.07) is 8.30. The SMILES string of the molecule is Cc1cccn(Cc2cccc(C(N)=S)c2F)c1=O. The molecule has 19 heavy (non-hydrogen) atoms. The van der Waals surface area contributed by atoms with Crippen LogP contribution in [0.5, 0.6) is 0 Å². The standard InChI is InChI=1S/C14H13FN2OS/c1-9-4-3-7-17(14(9)18)8-10-5-2-6-11(12(10)15)13(16)19/h2-7H,8H2,1H3,(H2,16,19). The summed E-state index contributed by atoms with van der Waals surface area (Å²) in [5, 5.41) is 0. The Balaban J connectivity index is 2.45. The summed E-state index contributed by atoms with van der Waals surface area (Å²) in [5.41, 5.74) is 6.53. The second-order valence-corrected chi connectivity index (χ2v) is 4.71. The van der Waals surface area contributed by atoms with E-state index in [4.69, 9.17) is 18.0 Å². The van der Waals surface area contributed by atoms with Crippen molar-refractivity contribution in [3.63, 3.8) is 0 Å². The maximum atomic E-state index is 14.2. The Labute approximate surface area is 115 Å². The zero-order valence-corrected chi connectivity index (χ0v) is 11.2. The number of pyridine rings is 1. The Hall–Kier alpha value is -2.01. The van der Waals surface area contributed by atoms with Crippen LogP contribution in [0.15, 0.2) is 41.3 Å². The van der Waals surface area contributed by atoms with Gasteiger partial charge in [0.25, 0.3) is 5.56 Å². The molecule has 5 heteroatoms. The van der Waals surface area contributed by atoms with E-state index in [1.807, 2.05) is 0 Å². The lowest BCUT2D eigenvalue weighted by Gasteiger charge is -2.10. The van der Waals surface area contributed by atoms with Gasteiger partial charge in [-0.15, -0.1) is 0 Å². The molecule has 0 aliphatic carbocycles. The normalized spacial score (nSPS) is 10.4. The largest absolute Gasteiger partial charge is 0.389 e. The van der Waals surface area contributed by atoms with Gasteiger partial charge in [0, 0.05) is 22.9 Å². The molecular formula is C14H13FN2OS. The molecule has 1 aromatic heterocycles. The number of halogens is 1. The van der Waals surface area contributed by atoms with Crippen molar-refractivity contribution in [1.82, 2.24) is 4.57 Å². The van der Waals surface area contributed by atoms with Gasteiger partial charge in [-0.1, -0.05) is 30.4 Å². The quantitative estimate of drug-likeness (QED) is 0.872. The Morgan fingerprint density at radius 1 is 1.37 bits per heavy atom. The van der Waals surface area contributed by atoms with Crippen LogP contribution in [0.2, 0.25) is 0 Å². The molecule has 1 heterocycles. The van der Waals surface area contributed by atoms with Crippen molar-refractivity contribution < 1.29 is 4.39 Å². The zero-order valence-electron chi connectivity index (χ0n) is 10.4. The predicted octanol–water partition coefficient (Wildman–Crippen LogP) is 1.98. The highest BCUT2D eigenvalue weighted by Crippen LogP contribution is 2.14. The number of thiocarbonyl (C=S) groups is 1. The number of hydrogen-bond acceptors (Lipinski definition) is 2. The molecule has 2 rings (SSSR count). The number of rotatable bonds is 3. The molecule has 0 amide bonds. The maximum absolute atomic E-state index is 14.2. The van der Waals surface area contributed by atoms with Crippen molar-refractivity contribution in [2.45, 2.75) is 13.5 Å². The molecule has 0 unspecified atom stereocenters. The lowest BCUT2D eigenvalue weighted by Crippen LogP contribution is -2.22. The van der Waals surface area contributed by atoms with Gasteiger partial charge >= 0.3 is 0 Å². The van der Waals surface area contributed by atoms with Gasteiger partial charge in [-0.05, 0) is 19.1 Å². The molecule has 3 nitrogen and oxygen atoms in total. The topological polar surface area (TPSA) is 48.0 Å². The van der Waals surface area contributed by atoms with E-state index in [2.05, 4.69) is 0 Å². The molecular weight excluding hydrogens is 263 g/mol. The fraction of sp³-hybridized carbons (Fsp3) is 0.143. The van der Waals surface area contributed by atoms with E-state index in [1.165, 1.54) is 10.6 Å². The van der Waals surface area contributed by atoms with Crippen molar-refractivity contribution in [3.8, 4) is 0 Å². The second kappa shape index (κ2) is 5.32. The van der Waals surface area contributed by atoms with E-state index in [-0.39, 0.29) is 22.7 Å². The molecule has 98 valence electrons. The van der Waals surface area contributed by atoms with E-state index < -0.39 is 5.82 Å². The minimum atomic E-state index is -0.469. The van der Waals surface area contributed by atoms with E-state index >= 15 is 0 Å². The molecule has 0 saturated carbocycles. The van der Waals surface area contributed by atoms with Gasteiger partial charge in [0.05, 0.1) is 6.54 Å². The average molecular weight is 276 g/mol. The monoisotopic (exact) mass is 276 g/mol. The van der Waals surface area contributed by atoms with Crippen LogP contribution < -0.4 is 11.3 Å². The van der Waals surface area contributed by atoms with Gasteiger partial charge in [0.1, 0.15) is 10.8 Å². The first kappa shape index (κ1) is 13.4. The van der Waals surface area contributed by atoms with Crippen LogP contribution in [-0.2, 0) is 6.54 Å². The Morgan fingerprint density at radius 3 is 2.79 bits per heavy atom. The van der Waals surface area contributed by atoms with Gasteiger partial charge in [-0.3, -0.25) is 4.79 Å². The van der Waals surface area contributed by atoms with Crippen LogP contribution in [0.1, 0.15) is 16.7 Å². The first-order valence-corrected chi connectivity index (χ1v) is 6.15. The van der Waals surface area contributed by atoms with E-state index in [0.717, 1.165) is 0 Å². The van der Waals surface area contributed by atoms with Gasteiger partial charge in [-0.2, -0.15) is 0 Å². The minimum absolute atomic E-state index is 0.0101. The second-order valence-electron chi connectivity index (χ2n) is 4.27. The molecule has 0 radical (unpaired) electrons. The third kappa shape index (κ3) is 2.71. The van der Waals surface area contributed by atoms with Crippen molar-refractivity contribution in [3.05, 3.63) is 69.4 Å². The highest BCUT2D eigenvalue weighted by molar-refractivity contribution is 7.80. The number of hydrogen-bond donors (Lipinski definition) is 1. The Morgan fingerprint density at radius 2 is 2.11 bits per heavy atom. The molecule has 0 aliphatic rings. The molecule has 0 spiro atoms. The summed E-state index contributed by atoms with van der Waals surface area (Å²) < 4.78 is 15.6. The first-order chi connectivity index (χ1) is 9.00. The molecule has 0 saturated heterocycles. The molecule has 0 atom stereocenters. The van der Waals surface area contributed by atoms with Crippen LogP contribution in [0, 0.1) is 12.7 Å². The van der Waals surface area contributed by atoms with Crippen molar-refractivity contribution in [2.75, 3.05) is 0 Å². The van der Waals surface area contributed by atoms with Gasteiger partial charge in [0.15, 0.2) is 0 Å². The Bertz CT molecular complexity index is 694. The number of aryl methyl sites for hydroxylation is 1. The smallest absolute Gasteiger partial charge is 0.253 e. The lowest BCUT2D eigenvalue weighted by atomic mass is 10.1. The highest BCUT2D eigenvalue weighted by atomic mass is 32.1. The van der Waals surface area contributed by atoms with Crippen molar-refractivity contribution in [1.29, 1.82) is 0 Å². The van der Waals surface area contributed by atoms with Gasteiger partial charge in [-0.25, -0.2) is 4.39 Å². The van der Waals surface area contributed by atoms with Crippen molar-refractivity contribution >= 4 is 17.2 Å². The molecule has 0 bridgehead atoms. The molecule has 0 aliphatic heterocycles. The summed E-state index contributed by atoms with van der Waals surface area (Å²) >= 11 is 4.79. The fourth-order valence-corrected chi connectivity index (χ4v) is 2.01. The summed E-state index contributed by atoms with van der Waals surface area (Å²) in [6.45, 7) is 1.88. The van der Waals surface area contributed by atoms with E-state index in [0.29, 0.717) is 11.1 Å². The number of aromatic nitrogens is 1. The van der Waals surface area contributed by atoms with E-state index in [9.17, 15) is 9.18 Å². The van der Waals surface area contributed by atoms with Crippen LogP contribution >= 0.6 is 12.2 Å². The summed E-state index contributed by atoms with van der Waals surface area (Å²) in [5.74, 6) is -0.469. The fourth-order valence-electron chi connectivity index (χ4n) is 1.86. The lowest BCUT2D eigenvalue weighted by molar-refractivity contribution is 0.593. The molecule has 1 aromatic carbocycles. The number of benzene rings is 1. The minimum Gasteiger partial charge on any atom is -0.389 e. The first-order valence-electron chi connectivity index (χ1n) is 5.74. The van der Waals surface area contributed by atoms with Crippen molar-refractivity contribution in [2.24, 2.45) is 5.73 Å². The highest BCUT2D eigenvalue weighted by Gasteiger charge is 2.11. The van der Waals surface area contributed by atoms with Gasteiger partial charge in [0.2, 0.25) is 0 Å². The number of nitrogens with two attached hydrogens (primary N) is 1. The molecule has 0 fully saturated rings. The molecule has 2 N–H and O–H groups in total. The van der Waals surface area contributed by atoms with E-state index in [1.54, 1.807) is 37.4 Å². The van der Waals surface area contributed by atoms with Crippen LogP contribution in [0.3, 0.4) is 0 Å². The van der Waals surface area contributed by atoms with Gasteiger partial charge < -0.3 is 10.3 Å². The average Bonchev–Trinajstić information content (AvgIpc) is 2.37. The van der Waals surface area contributed by atoms with Crippen LogP contribution in [0.25, 0.3) is 0 Å². The maximum Gasteiger partial charge on any atom is 0.253 e. The third-order valence-corrected chi connectivity index (χ3v) is 3.12. The summed E-state index contributed by atoms with van der Waals surface area (Å²) in [4.78, 5) is 11.9. The summed E-state index contributed by atoms with van der Waals surface area (Å²) in [6.07, 6.45) is 1.63. The number of nitrogens with zero attached hydrogens (tertiary/aromatic N) is 1.